The van der Waals surface area contributed by atoms with Crippen LogP contribution in [0.3, 0.4) is 0 Å². The maximum Gasteiger partial charge on any atom is 0.0266 e. The van der Waals surface area contributed by atoms with Crippen molar-refractivity contribution in [1.82, 2.24) is 0 Å². The molecule has 12 heavy (non-hydrogen) atoms. The molecule has 1 rings (SSSR count). The first-order chi connectivity index (χ1) is 5.61. The summed E-state index contributed by atoms with van der Waals surface area (Å²) in [5, 5.41) is 0. The van der Waals surface area contributed by atoms with Crippen LogP contribution < -0.4 is 5.73 Å². The third kappa shape index (κ3) is 2.08. The second kappa shape index (κ2) is 3.72. The van der Waals surface area contributed by atoms with Gasteiger partial charge in [0.25, 0.3) is 0 Å². The summed E-state index contributed by atoms with van der Waals surface area (Å²) in [6.45, 7) is 6.40. The molecule has 0 amide bonds. The Balaban J connectivity index is 2.96. The third-order valence-corrected chi connectivity index (χ3v) is 2.10. The molecule has 1 aromatic rings. The molecular formula is C11H17N. The lowest BCUT2D eigenvalue weighted by molar-refractivity contribution is 0.803. The van der Waals surface area contributed by atoms with E-state index in [0.29, 0.717) is 5.92 Å². The van der Waals surface area contributed by atoms with Crippen LogP contribution in [-0.4, -0.2) is 0 Å². The molecule has 0 aliphatic rings. The zero-order valence-corrected chi connectivity index (χ0v) is 8.04. The zero-order chi connectivity index (χ0) is 9.14. The molecule has 0 bridgehead atoms. The predicted molar refractivity (Wildman–Crippen MR) is 53.1 cm³/mol. The maximum absolute atomic E-state index is 5.78. The van der Waals surface area contributed by atoms with Gasteiger partial charge in [-0.25, -0.2) is 0 Å². The number of hydrogen-bond donors (Lipinski definition) is 1. The van der Waals surface area contributed by atoms with E-state index in [-0.39, 0.29) is 6.04 Å². The van der Waals surface area contributed by atoms with Crippen LogP contribution in [0, 0.1) is 0 Å². The second-order valence-electron chi connectivity index (χ2n) is 3.61. The highest BCUT2D eigenvalue weighted by Gasteiger charge is 2.02. The lowest BCUT2D eigenvalue weighted by Gasteiger charge is -2.10. The quantitative estimate of drug-likeness (QED) is 0.712. The van der Waals surface area contributed by atoms with Crippen molar-refractivity contribution < 1.29 is 0 Å². The lowest BCUT2D eigenvalue weighted by atomic mass is 9.99. The minimum Gasteiger partial charge on any atom is -0.324 e. The van der Waals surface area contributed by atoms with Gasteiger partial charge in [0.1, 0.15) is 0 Å². The van der Waals surface area contributed by atoms with E-state index in [2.05, 4.69) is 38.1 Å². The number of rotatable bonds is 2. The number of hydrogen-bond acceptors (Lipinski definition) is 1. The molecule has 0 radical (unpaired) electrons. The maximum atomic E-state index is 5.78. The Morgan fingerprint density at radius 3 is 2.17 bits per heavy atom. The van der Waals surface area contributed by atoms with Gasteiger partial charge < -0.3 is 5.73 Å². The fourth-order valence-electron chi connectivity index (χ4n) is 1.20. The van der Waals surface area contributed by atoms with Gasteiger partial charge in [0, 0.05) is 6.04 Å². The molecule has 0 aromatic heterocycles. The van der Waals surface area contributed by atoms with Crippen LogP contribution in [0.4, 0.5) is 0 Å². The van der Waals surface area contributed by atoms with Crippen molar-refractivity contribution in [3.63, 3.8) is 0 Å². The van der Waals surface area contributed by atoms with E-state index >= 15 is 0 Å². The van der Waals surface area contributed by atoms with Crippen molar-refractivity contribution in [2.45, 2.75) is 32.7 Å². The smallest absolute Gasteiger partial charge is 0.0266 e. The molecule has 0 fully saturated rings. The van der Waals surface area contributed by atoms with Crippen LogP contribution in [0.2, 0.25) is 0 Å². The third-order valence-electron chi connectivity index (χ3n) is 2.10. The molecule has 1 heteroatoms. The fourth-order valence-corrected chi connectivity index (χ4v) is 1.20. The standard InChI is InChI=1S/C11H17N/c1-8(2)10-5-4-6-11(7-10)9(3)12/h4-9H,12H2,1-3H3. The second-order valence-corrected chi connectivity index (χ2v) is 3.61. The van der Waals surface area contributed by atoms with E-state index in [1.807, 2.05) is 6.92 Å². The van der Waals surface area contributed by atoms with Crippen molar-refractivity contribution >= 4 is 0 Å². The highest BCUT2D eigenvalue weighted by atomic mass is 14.6. The molecule has 1 aromatic carbocycles. The lowest BCUT2D eigenvalue weighted by Crippen LogP contribution is -2.05. The van der Waals surface area contributed by atoms with Crippen molar-refractivity contribution in [2.75, 3.05) is 0 Å². The first kappa shape index (κ1) is 9.27. The zero-order valence-electron chi connectivity index (χ0n) is 8.04. The van der Waals surface area contributed by atoms with Crippen molar-refractivity contribution in [1.29, 1.82) is 0 Å². The Labute approximate surface area is 74.6 Å². The van der Waals surface area contributed by atoms with Crippen molar-refractivity contribution in [3.05, 3.63) is 35.4 Å². The minimum absolute atomic E-state index is 0.142. The van der Waals surface area contributed by atoms with Crippen LogP contribution in [0.15, 0.2) is 24.3 Å². The first-order valence-corrected chi connectivity index (χ1v) is 4.46. The average Bonchev–Trinajstić information content (AvgIpc) is 2.04. The van der Waals surface area contributed by atoms with E-state index in [9.17, 15) is 0 Å². The van der Waals surface area contributed by atoms with Gasteiger partial charge in [-0.3, -0.25) is 0 Å². The Hall–Kier alpha value is -0.820. The summed E-state index contributed by atoms with van der Waals surface area (Å²) < 4.78 is 0. The predicted octanol–water partition coefficient (Wildman–Crippen LogP) is 2.83. The summed E-state index contributed by atoms with van der Waals surface area (Å²) in [6.07, 6.45) is 0. The van der Waals surface area contributed by atoms with E-state index in [1.165, 1.54) is 11.1 Å². The van der Waals surface area contributed by atoms with Crippen LogP contribution in [0.1, 0.15) is 43.9 Å². The summed E-state index contributed by atoms with van der Waals surface area (Å²) >= 11 is 0. The monoisotopic (exact) mass is 163 g/mol. The molecule has 0 saturated carbocycles. The van der Waals surface area contributed by atoms with Crippen LogP contribution in [-0.2, 0) is 0 Å². The van der Waals surface area contributed by atoms with Gasteiger partial charge in [-0.15, -0.1) is 0 Å². The van der Waals surface area contributed by atoms with Gasteiger partial charge in [-0.2, -0.15) is 0 Å². The number of nitrogens with two attached hydrogens (primary N) is 1. The van der Waals surface area contributed by atoms with Crippen LogP contribution in [0.5, 0.6) is 0 Å². The highest BCUT2D eigenvalue weighted by Crippen LogP contribution is 2.18. The summed E-state index contributed by atoms with van der Waals surface area (Å²) in [7, 11) is 0. The largest absolute Gasteiger partial charge is 0.324 e. The molecule has 0 aliphatic carbocycles. The average molecular weight is 163 g/mol. The van der Waals surface area contributed by atoms with E-state index in [0.717, 1.165) is 0 Å². The molecular weight excluding hydrogens is 146 g/mol. The van der Waals surface area contributed by atoms with Gasteiger partial charge in [0.15, 0.2) is 0 Å². The molecule has 2 N–H and O–H groups in total. The molecule has 1 unspecified atom stereocenters. The van der Waals surface area contributed by atoms with Gasteiger partial charge in [0.2, 0.25) is 0 Å². The normalized spacial score (nSPS) is 13.4. The fraction of sp³-hybridized carbons (Fsp3) is 0.455. The molecule has 66 valence electrons. The summed E-state index contributed by atoms with van der Waals surface area (Å²) in [5.41, 5.74) is 8.37. The van der Waals surface area contributed by atoms with E-state index in [1.54, 1.807) is 0 Å². The van der Waals surface area contributed by atoms with Crippen LogP contribution in [0.25, 0.3) is 0 Å². The van der Waals surface area contributed by atoms with E-state index in [4.69, 9.17) is 5.73 Å². The SMILES string of the molecule is CC(C)c1cccc(C(C)N)c1. The Morgan fingerprint density at radius 2 is 1.67 bits per heavy atom. The van der Waals surface area contributed by atoms with Gasteiger partial charge in [0.05, 0.1) is 0 Å². The molecule has 0 aliphatic heterocycles. The minimum atomic E-state index is 0.142. The van der Waals surface area contributed by atoms with E-state index < -0.39 is 0 Å². The van der Waals surface area contributed by atoms with Gasteiger partial charge in [-0.05, 0) is 24.0 Å². The Morgan fingerprint density at radius 1 is 1.08 bits per heavy atom. The molecule has 0 saturated heterocycles. The highest BCUT2D eigenvalue weighted by molar-refractivity contribution is 5.27. The summed E-state index contributed by atoms with van der Waals surface area (Å²) in [6, 6.07) is 8.64. The Kier molecular flexibility index (Phi) is 2.88. The van der Waals surface area contributed by atoms with Crippen molar-refractivity contribution in [2.24, 2.45) is 5.73 Å². The van der Waals surface area contributed by atoms with Gasteiger partial charge in [-0.1, -0.05) is 38.1 Å². The molecule has 1 atom stereocenters. The van der Waals surface area contributed by atoms with Crippen LogP contribution >= 0.6 is 0 Å². The number of benzene rings is 1. The first-order valence-electron chi connectivity index (χ1n) is 4.46. The summed E-state index contributed by atoms with van der Waals surface area (Å²) in [5.74, 6) is 0.587. The topological polar surface area (TPSA) is 26.0 Å². The Bertz CT molecular complexity index is 228. The summed E-state index contributed by atoms with van der Waals surface area (Å²) in [4.78, 5) is 0. The molecule has 0 spiro atoms. The van der Waals surface area contributed by atoms with Crippen molar-refractivity contribution in [3.8, 4) is 0 Å². The van der Waals surface area contributed by atoms with Gasteiger partial charge >= 0.3 is 0 Å². The molecule has 1 nitrogen and oxygen atoms in total. The molecule has 0 heterocycles.